The summed E-state index contributed by atoms with van der Waals surface area (Å²) in [6.07, 6.45) is 0. The smallest absolute Gasteiger partial charge is 0.441 e. The van der Waals surface area contributed by atoms with E-state index in [4.69, 9.17) is 9.84 Å². The number of thioether (sulfide) groups is 1. The van der Waals surface area contributed by atoms with Crippen molar-refractivity contribution in [3.05, 3.63) is 29.3 Å². The zero-order valence-corrected chi connectivity index (χ0v) is 10.3. The molecular formula is C11H11F3O3S. The molecule has 1 aromatic rings. The van der Waals surface area contributed by atoms with Crippen molar-refractivity contribution in [2.24, 2.45) is 0 Å². The predicted molar refractivity (Wildman–Crippen MR) is 62.1 cm³/mol. The summed E-state index contributed by atoms with van der Waals surface area (Å²) in [5, 5.41) is 8.91. The van der Waals surface area contributed by atoms with Gasteiger partial charge in [0.15, 0.2) is 0 Å². The molecule has 1 rings (SSSR count). The Bertz CT molecular complexity index is 432. The lowest BCUT2D eigenvalue weighted by Gasteiger charge is -2.12. The van der Waals surface area contributed by atoms with Crippen LogP contribution in [0.5, 0.6) is 5.75 Å². The third-order valence-electron chi connectivity index (χ3n) is 2.04. The van der Waals surface area contributed by atoms with E-state index in [-0.39, 0.29) is 35.4 Å². The number of aromatic carboxylic acids is 1. The van der Waals surface area contributed by atoms with E-state index in [9.17, 15) is 18.0 Å². The fraction of sp³-hybridized carbons (Fsp3) is 0.364. The van der Waals surface area contributed by atoms with Crippen LogP contribution >= 0.6 is 11.8 Å². The predicted octanol–water partition coefficient (Wildman–Crippen LogP) is 3.33. The van der Waals surface area contributed by atoms with Crippen LogP contribution in [-0.4, -0.2) is 28.9 Å². The van der Waals surface area contributed by atoms with Crippen LogP contribution in [-0.2, 0) is 0 Å². The van der Waals surface area contributed by atoms with Crippen LogP contribution in [0.4, 0.5) is 13.2 Å². The van der Waals surface area contributed by atoms with Crippen molar-refractivity contribution in [3.63, 3.8) is 0 Å². The van der Waals surface area contributed by atoms with Crippen molar-refractivity contribution in [2.45, 2.75) is 12.4 Å². The van der Waals surface area contributed by atoms with Gasteiger partial charge in [0.2, 0.25) is 0 Å². The van der Waals surface area contributed by atoms with Gasteiger partial charge in [-0.25, -0.2) is 4.79 Å². The Morgan fingerprint density at radius 2 is 2.11 bits per heavy atom. The van der Waals surface area contributed by atoms with Gasteiger partial charge in [-0.05, 0) is 30.3 Å². The molecule has 0 unspecified atom stereocenters. The van der Waals surface area contributed by atoms with Gasteiger partial charge in [0.25, 0.3) is 0 Å². The number of carbonyl (C=O) groups is 1. The number of rotatable bonds is 5. The minimum absolute atomic E-state index is 0.0491. The fourth-order valence-electron chi connectivity index (χ4n) is 1.31. The molecule has 0 atom stereocenters. The Morgan fingerprint density at radius 3 is 2.67 bits per heavy atom. The van der Waals surface area contributed by atoms with Gasteiger partial charge in [-0.1, -0.05) is 12.1 Å². The maximum Gasteiger partial charge on any atom is 0.441 e. The second kappa shape index (κ2) is 5.99. The summed E-state index contributed by atoms with van der Waals surface area (Å²) >= 11 is -0.199. The van der Waals surface area contributed by atoms with Gasteiger partial charge >= 0.3 is 11.5 Å². The molecule has 0 fully saturated rings. The number of ether oxygens (including phenoxy) is 1. The van der Waals surface area contributed by atoms with E-state index in [1.165, 1.54) is 6.07 Å². The average Bonchev–Trinajstić information content (AvgIpc) is 2.24. The van der Waals surface area contributed by atoms with Gasteiger partial charge in [0.1, 0.15) is 11.3 Å². The van der Waals surface area contributed by atoms with Crippen molar-refractivity contribution in [3.8, 4) is 5.75 Å². The number of carboxylic acids is 1. The SMILES string of the molecule is Cc1cccc(C(=O)O)c1OCCSC(F)(F)F. The number of aryl methyl sites for hydroxylation is 1. The first kappa shape index (κ1) is 14.7. The van der Waals surface area contributed by atoms with E-state index in [1.807, 2.05) is 0 Å². The zero-order chi connectivity index (χ0) is 13.8. The molecule has 100 valence electrons. The van der Waals surface area contributed by atoms with E-state index in [0.717, 1.165) is 0 Å². The summed E-state index contributed by atoms with van der Waals surface area (Å²) in [4.78, 5) is 10.9. The lowest BCUT2D eigenvalue weighted by molar-refractivity contribution is -0.0329. The van der Waals surface area contributed by atoms with Gasteiger partial charge in [-0.2, -0.15) is 13.2 Å². The van der Waals surface area contributed by atoms with Crippen LogP contribution in [0.2, 0.25) is 0 Å². The Balaban J connectivity index is 2.64. The molecule has 0 saturated heterocycles. The number of benzene rings is 1. The van der Waals surface area contributed by atoms with E-state index in [2.05, 4.69) is 0 Å². The van der Waals surface area contributed by atoms with Gasteiger partial charge in [0.05, 0.1) is 6.61 Å². The van der Waals surface area contributed by atoms with E-state index in [0.29, 0.717) is 5.56 Å². The van der Waals surface area contributed by atoms with E-state index >= 15 is 0 Å². The number of alkyl halides is 3. The number of carboxylic acid groups (broad SMARTS) is 1. The Kier molecular flexibility index (Phi) is 4.89. The summed E-state index contributed by atoms with van der Waals surface area (Å²) in [6, 6.07) is 4.54. The second-order valence-corrected chi connectivity index (χ2v) is 4.56. The largest absolute Gasteiger partial charge is 0.492 e. The number of halogens is 3. The highest BCUT2D eigenvalue weighted by atomic mass is 32.2. The van der Waals surface area contributed by atoms with Crippen LogP contribution in [0.25, 0.3) is 0 Å². The maximum atomic E-state index is 11.9. The first-order valence-electron chi connectivity index (χ1n) is 4.97. The first-order valence-corrected chi connectivity index (χ1v) is 5.96. The molecule has 7 heteroatoms. The Hall–Kier alpha value is -1.37. The molecule has 0 bridgehead atoms. The van der Waals surface area contributed by atoms with Crippen LogP contribution in [0.3, 0.4) is 0 Å². The first-order chi connectivity index (χ1) is 8.31. The highest BCUT2D eigenvalue weighted by Crippen LogP contribution is 2.30. The third kappa shape index (κ3) is 4.48. The topological polar surface area (TPSA) is 46.5 Å². The summed E-state index contributed by atoms with van der Waals surface area (Å²) in [5.74, 6) is -1.33. The number of hydrogen-bond acceptors (Lipinski definition) is 3. The standard InChI is InChI=1S/C11H11F3O3S/c1-7-3-2-4-8(10(15)16)9(7)17-5-6-18-11(12,13)14/h2-4H,5-6H2,1H3,(H,15,16). The van der Waals surface area contributed by atoms with Gasteiger partial charge < -0.3 is 9.84 Å². The van der Waals surface area contributed by atoms with Crippen molar-refractivity contribution in [1.82, 2.24) is 0 Å². The highest BCUT2D eigenvalue weighted by molar-refractivity contribution is 8.00. The Labute approximate surface area is 106 Å². The maximum absolute atomic E-state index is 11.9. The quantitative estimate of drug-likeness (QED) is 0.840. The molecule has 0 aromatic heterocycles. The van der Waals surface area contributed by atoms with Gasteiger partial charge in [0, 0.05) is 5.75 Å². The molecule has 0 aliphatic carbocycles. The minimum atomic E-state index is -4.30. The fourth-order valence-corrected chi connectivity index (χ4v) is 1.71. The molecule has 3 nitrogen and oxygen atoms in total. The molecule has 18 heavy (non-hydrogen) atoms. The highest BCUT2D eigenvalue weighted by Gasteiger charge is 2.27. The van der Waals surface area contributed by atoms with Crippen LogP contribution in [0.1, 0.15) is 15.9 Å². The van der Waals surface area contributed by atoms with Gasteiger partial charge in [-0.3, -0.25) is 0 Å². The third-order valence-corrected chi connectivity index (χ3v) is 2.74. The Morgan fingerprint density at radius 1 is 1.44 bits per heavy atom. The monoisotopic (exact) mass is 280 g/mol. The molecule has 0 spiro atoms. The second-order valence-electron chi connectivity index (χ2n) is 3.40. The molecule has 0 saturated carbocycles. The summed E-state index contributed by atoms with van der Waals surface area (Å²) < 4.78 is 40.8. The van der Waals surface area contributed by atoms with Crippen molar-refractivity contribution < 1.29 is 27.8 Å². The molecule has 0 aliphatic heterocycles. The van der Waals surface area contributed by atoms with Crippen molar-refractivity contribution in [2.75, 3.05) is 12.4 Å². The number of hydrogen-bond donors (Lipinski definition) is 1. The lowest BCUT2D eigenvalue weighted by Crippen LogP contribution is -2.10. The summed E-state index contributed by atoms with van der Waals surface area (Å²) in [5.41, 5.74) is -3.77. The number of para-hydroxylation sites is 1. The molecule has 1 N–H and O–H groups in total. The molecular weight excluding hydrogens is 269 g/mol. The van der Waals surface area contributed by atoms with E-state index in [1.54, 1.807) is 19.1 Å². The summed E-state index contributed by atoms with van der Waals surface area (Å²) in [6.45, 7) is 1.44. The lowest BCUT2D eigenvalue weighted by atomic mass is 10.1. The summed E-state index contributed by atoms with van der Waals surface area (Å²) in [7, 11) is 0. The molecule has 0 aliphatic rings. The normalized spacial score (nSPS) is 11.3. The minimum Gasteiger partial charge on any atom is -0.492 e. The van der Waals surface area contributed by atoms with Crippen LogP contribution in [0.15, 0.2) is 18.2 Å². The van der Waals surface area contributed by atoms with Gasteiger partial charge in [-0.15, -0.1) is 0 Å². The van der Waals surface area contributed by atoms with Crippen LogP contribution in [0, 0.1) is 6.92 Å². The van der Waals surface area contributed by atoms with Crippen LogP contribution < -0.4 is 4.74 Å². The molecule has 0 radical (unpaired) electrons. The van der Waals surface area contributed by atoms with Crippen molar-refractivity contribution >= 4 is 17.7 Å². The molecule has 1 aromatic carbocycles. The van der Waals surface area contributed by atoms with E-state index < -0.39 is 11.5 Å². The average molecular weight is 280 g/mol. The molecule has 0 heterocycles. The zero-order valence-electron chi connectivity index (χ0n) is 9.45. The molecule has 0 amide bonds. The van der Waals surface area contributed by atoms with Crippen molar-refractivity contribution in [1.29, 1.82) is 0 Å².